The van der Waals surface area contributed by atoms with Gasteiger partial charge in [0.15, 0.2) is 0 Å². The van der Waals surface area contributed by atoms with E-state index in [0.717, 1.165) is 0 Å². The molecule has 0 aromatic heterocycles. The van der Waals surface area contributed by atoms with Gasteiger partial charge in [-0.25, -0.2) is 4.79 Å². The van der Waals surface area contributed by atoms with Gasteiger partial charge in [-0.1, -0.05) is 0 Å². The van der Waals surface area contributed by atoms with Crippen molar-refractivity contribution in [3.63, 3.8) is 0 Å². The molecule has 0 aromatic carbocycles. The van der Waals surface area contributed by atoms with Crippen molar-refractivity contribution in [2.75, 3.05) is 0 Å². The fraction of sp³-hybridized carbons (Fsp3) is 0.667. The van der Waals surface area contributed by atoms with Gasteiger partial charge in [0.1, 0.15) is 5.60 Å². The van der Waals surface area contributed by atoms with Crippen LogP contribution in [0.3, 0.4) is 0 Å². The quantitative estimate of drug-likeness (QED) is 0.583. The van der Waals surface area contributed by atoms with Gasteiger partial charge in [0.05, 0.1) is 12.5 Å². The molecule has 0 radical (unpaired) electrons. The highest BCUT2D eigenvalue weighted by atomic mass is 35.5. The molecule has 0 aromatic rings. The Morgan fingerprint density at radius 3 is 2.60 bits per heavy atom. The Morgan fingerprint density at radius 2 is 2.30 bits per heavy atom. The monoisotopic (exact) mass is 161 g/mol. The maximum Gasteiger partial charge on any atom is 0.404 e. The van der Waals surface area contributed by atoms with Crippen LogP contribution in [-0.4, -0.2) is 11.0 Å². The summed E-state index contributed by atoms with van der Waals surface area (Å²) in [4.78, 5) is 10.2. The maximum atomic E-state index is 10.2. The summed E-state index contributed by atoms with van der Waals surface area (Å²) in [6, 6.07) is 1.88. The van der Waals surface area contributed by atoms with Gasteiger partial charge in [0.25, 0.3) is 0 Å². The number of carbonyl (C=O) groups is 1. The summed E-state index contributed by atoms with van der Waals surface area (Å²) in [5.41, 5.74) is -1.65. The molecule has 0 aliphatic rings. The van der Waals surface area contributed by atoms with Crippen molar-refractivity contribution < 1.29 is 9.53 Å². The van der Waals surface area contributed by atoms with E-state index in [9.17, 15) is 4.79 Å². The third kappa shape index (κ3) is 4.16. The summed E-state index contributed by atoms with van der Waals surface area (Å²) in [6.07, 6.45) is 0.144. The van der Waals surface area contributed by atoms with E-state index in [1.807, 2.05) is 6.07 Å². The van der Waals surface area contributed by atoms with Crippen LogP contribution in [0.5, 0.6) is 0 Å². The Labute approximate surface area is 64.5 Å². The molecule has 0 heterocycles. The first-order chi connectivity index (χ1) is 4.48. The lowest BCUT2D eigenvalue weighted by molar-refractivity contribution is 0.0612. The van der Waals surface area contributed by atoms with E-state index in [-0.39, 0.29) is 6.42 Å². The molecule has 0 saturated heterocycles. The number of halogens is 1. The summed E-state index contributed by atoms with van der Waals surface area (Å²) >= 11 is 4.93. The molecule has 10 heavy (non-hydrogen) atoms. The Kier molecular flexibility index (Phi) is 3.17. The molecule has 0 spiro atoms. The van der Waals surface area contributed by atoms with Gasteiger partial charge in [-0.3, -0.25) is 0 Å². The second-order valence-electron chi connectivity index (χ2n) is 2.43. The number of carbonyl (C=O) groups excluding carboxylic acids is 1. The molecule has 0 amide bonds. The van der Waals surface area contributed by atoms with Gasteiger partial charge >= 0.3 is 5.43 Å². The maximum absolute atomic E-state index is 10.2. The SMILES string of the molecule is CC(C)(CC#N)OC(=O)Cl. The third-order valence-corrected chi connectivity index (χ3v) is 0.938. The summed E-state index contributed by atoms with van der Waals surface area (Å²) in [5, 5.41) is 8.23. The van der Waals surface area contributed by atoms with Crippen LogP contribution in [0.25, 0.3) is 0 Å². The number of rotatable bonds is 2. The van der Waals surface area contributed by atoms with Crippen molar-refractivity contribution in [1.82, 2.24) is 0 Å². The zero-order valence-electron chi connectivity index (χ0n) is 5.85. The number of hydrogen-bond donors (Lipinski definition) is 0. The van der Waals surface area contributed by atoms with Crippen molar-refractivity contribution in [2.45, 2.75) is 25.9 Å². The number of ether oxygens (including phenoxy) is 1. The first kappa shape index (κ1) is 9.25. The topological polar surface area (TPSA) is 50.1 Å². The standard InChI is InChI=1S/C6H8ClNO2/c1-6(2,3-4-8)10-5(7)9/h3H2,1-2H3. The molecular weight excluding hydrogens is 154 g/mol. The van der Waals surface area contributed by atoms with E-state index in [1.165, 1.54) is 0 Å². The van der Waals surface area contributed by atoms with Crippen LogP contribution in [-0.2, 0) is 4.74 Å². The first-order valence-corrected chi connectivity index (χ1v) is 3.11. The van der Waals surface area contributed by atoms with Crippen LogP contribution < -0.4 is 0 Å². The lowest BCUT2D eigenvalue weighted by atomic mass is 10.1. The summed E-state index contributed by atoms with van der Waals surface area (Å²) in [6.45, 7) is 3.24. The molecule has 0 saturated carbocycles. The molecule has 0 fully saturated rings. The van der Waals surface area contributed by atoms with Gasteiger partial charge in [-0.05, 0) is 13.8 Å². The summed E-state index contributed by atoms with van der Waals surface area (Å²) in [5.74, 6) is 0. The molecule has 3 nitrogen and oxygen atoms in total. The Hall–Kier alpha value is -0.750. The van der Waals surface area contributed by atoms with Gasteiger partial charge in [-0.15, -0.1) is 0 Å². The third-order valence-electron chi connectivity index (χ3n) is 0.861. The minimum atomic E-state index is -0.875. The van der Waals surface area contributed by atoms with Gasteiger partial charge < -0.3 is 4.74 Å². The van der Waals surface area contributed by atoms with Crippen LogP contribution in [0.4, 0.5) is 4.79 Å². The zero-order chi connectivity index (χ0) is 8.20. The summed E-state index contributed by atoms with van der Waals surface area (Å²) in [7, 11) is 0. The van der Waals surface area contributed by atoms with Crippen LogP contribution in [0.1, 0.15) is 20.3 Å². The predicted molar refractivity (Wildman–Crippen MR) is 36.6 cm³/mol. The van der Waals surface area contributed by atoms with E-state index < -0.39 is 11.0 Å². The van der Waals surface area contributed by atoms with E-state index in [1.54, 1.807) is 13.8 Å². The lowest BCUT2D eigenvalue weighted by Crippen LogP contribution is -2.24. The van der Waals surface area contributed by atoms with Crippen molar-refractivity contribution in [1.29, 1.82) is 5.26 Å². The van der Waals surface area contributed by atoms with E-state index in [0.29, 0.717) is 0 Å². The first-order valence-electron chi connectivity index (χ1n) is 2.73. The summed E-state index contributed by atoms with van der Waals surface area (Å²) < 4.78 is 4.58. The fourth-order valence-electron chi connectivity index (χ4n) is 0.444. The Morgan fingerprint density at radius 1 is 1.80 bits per heavy atom. The van der Waals surface area contributed by atoms with Crippen LogP contribution in [0.2, 0.25) is 0 Å². The van der Waals surface area contributed by atoms with Gasteiger partial charge in [0.2, 0.25) is 0 Å². The fourth-order valence-corrected chi connectivity index (χ4v) is 0.653. The molecule has 0 aliphatic heterocycles. The molecule has 4 heteroatoms. The molecule has 56 valence electrons. The molecule has 0 N–H and O–H groups in total. The van der Waals surface area contributed by atoms with Crippen LogP contribution in [0, 0.1) is 11.3 Å². The number of nitrogens with zero attached hydrogens (tertiary/aromatic N) is 1. The van der Waals surface area contributed by atoms with Crippen LogP contribution in [0.15, 0.2) is 0 Å². The average Bonchev–Trinajstić information content (AvgIpc) is 1.59. The Bertz CT molecular complexity index is 171. The van der Waals surface area contributed by atoms with Crippen molar-refractivity contribution in [3.8, 4) is 6.07 Å². The molecule has 0 unspecified atom stereocenters. The normalized spacial score (nSPS) is 10.2. The minimum absolute atomic E-state index is 0.144. The smallest absolute Gasteiger partial charge is 0.404 e. The van der Waals surface area contributed by atoms with E-state index in [4.69, 9.17) is 16.9 Å². The number of hydrogen-bond acceptors (Lipinski definition) is 3. The van der Waals surface area contributed by atoms with Crippen molar-refractivity contribution >= 4 is 17.0 Å². The molecule has 0 aliphatic carbocycles. The van der Waals surface area contributed by atoms with Gasteiger partial charge in [0, 0.05) is 11.6 Å². The highest BCUT2D eigenvalue weighted by Crippen LogP contribution is 2.14. The second-order valence-corrected chi connectivity index (χ2v) is 2.74. The minimum Gasteiger partial charge on any atom is -0.447 e. The molecule has 0 bridgehead atoms. The van der Waals surface area contributed by atoms with Crippen molar-refractivity contribution in [3.05, 3.63) is 0 Å². The largest absolute Gasteiger partial charge is 0.447 e. The average molecular weight is 162 g/mol. The van der Waals surface area contributed by atoms with Crippen molar-refractivity contribution in [2.24, 2.45) is 0 Å². The van der Waals surface area contributed by atoms with E-state index in [2.05, 4.69) is 4.74 Å². The zero-order valence-corrected chi connectivity index (χ0v) is 6.60. The lowest BCUT2D eigenvalue weighted by Gasteiger charge is -2.19. The molecule has 0 rings (SSSR count). The highest BCUT2D eigenvalue weighted by molar-refractivity contribution is 6.61. The van der Waals surface area contributed by atoms with Crippen LogP contribution >= 0.6 is 11.6 Å². The second kappa shape index (κ2) is 3.43. The predicted octanol–water partition coefficient (Wildman–Crippen LogP) is 2.05. The Balaban J connectivity index is 3.89. The number of nitriles is 1. The molecule has 0 atom stereocenters. The van der Waals surface area contributed by atoms with Gasteiger partial charge in [-0.2, -0.15) is 5.26 Å². The van der Waals surface area contributed by atoms with E-state index >= 15 is 0 Å². The highest BCUT2D eigenvalue weighted by Gasteiger charge is 2.21. The molecular formula is C6H8ClNO2.